The molecule has 2 atom stereocenters. The van der Waals surface area contributed by atoms with E-state index in [0.29, 0.717) is 23.2 Å². The summed E-state index contributed by atoms with van der Waals surface area (Å²) in [6, 6.07) is -0.479. The van der Waals surface area contributed by atoms with Crippen LogP contribution in [0, 0.1) is 11.3 Å². The van der Waals surface area contributed by atoms with Crippen LogP contribution in [0.25, 0.3) is 0 Å². The molecular formula is C16H24BrN3O3. The Morgan fingerprint density at radius 2 is 2.09 bits per heavy atom. The highest BCUT2D eigenvalue weighted by atomic mass is 79.9. The van der Waals surface area contributed by atoms with Crippen LogP contribution in [0.5, 0.6) is 0 Å². The Hall–Kier alpha value is -1.37. The SMILES string of the molecule is C=C(Br)CNC(=O)CN1C(=O)N[C@@]2(C[C@@H](C)CC(C)(C)C2)C1=O. The summed E-state index contributed by atoms with van der Waals surface area (Å²) < 4.78 is 0.627. The molecule has 2 N–H and O–H groups in total. The van der Waals surface area contributed by atoms with Crippen LogP contribution in [0.1, 0.15) is 40.0 Å². The molecule has 0 aromatic rings. The van der Waals surface area contributed by atoms with Crippen molar-refractivity contribution in [2.45, 2.75) is 45.6 Å². The van der Waals surface area contributed by atoms with Gasteiger partial charge in [0, 0.05) is 11.0 Å². The maximum atomic E-state index is 12.8. The predicted octanol–water partition coefficient (Wildman–Crippen LogP) is 2.15. The van der Waals surface area contributed by atoms with Crippen molar-refractivity contribution in [3.8, 4) is 0 Å². The summed E-state index contributed by atoms with van der Waals surface area (Å²) in [6.45, 7) is 9.94. The standard InChI is InChI=1S/C16H24BrN3O3/c1-10-5-15(3,4)9-16(6-10)13(22)20(14(23)19-16)8-12(21)18-7-11(2)17/h10H,2,5-9H2,1,3-4H3,(H,18,21)(H,19,23)/t10-,16+/m0/s1. The van der Waals surface area contributed by atoms with Crippen molar-refractivity contribution in [1.82, 2.24) is 15.5 Å². The quantitative estimate of drug-likeness (QED) is 0.727. The van der Waals surface area contributed by atoms with Crippen molar-refractivity contribution >= 4 is 33.8 Å². The van der Waals surface area contributed by atoms with E-state index in [2.05, 4.69) is 53.9 Å². The van der Waals surface area contributed by atoms with Gasteiger partial charge < -0.3 is 10.6 Å². The van der Waals surface area contributed by atoms with Crippen LogP contribution in [-0.2, 0) is 9.59 Å². The minimum atomic E-state index is -0.864. The number of halogens is 1. The van der Waals surface area contributed by atoms with Crippen molar-refractivity contribution in [2.24, 2.45) is 11.3 Å². The van der Waals surface area contributed by atoms with Gasteiger partial charge in [0.15, 0.2) is 0 Å². The normalized spacial score (nSPS) is 29.6. The maximum absolute atomic E-state index is 12.8. The van der Waals surface area contributed by atoms with Crippen molar-refractivity contribution < 1.29 is 14.4 Å². The number of nitrogens with one attached hydrogen (secondary N) is 2. The van der Waals surface area contributed by atoms with Crippen LogP contribution in [0.2, 0.25) is 0 Å². The molecule has 0 aromatic heterocycles. The minimum Gasteiger partial charge on any atom is -0.350 e. The van der Waals surface area contributed by atoms with E-state index < -0.39 is 11.6 Å². The van der Waals surface area contributed by atoms with E-state index in [1.165, 1.54) is 0 Å². The predicted molar refractivity (Wildman–Crippen MR) is 90.8 cm³/mol. The summed E-state index contributed by atoms with van der Waals surface area (Å²) in [5, 5.41) is 5.46. The Morgan fingerprint density at radius 1 is 1.43 bits per heavy atom. The van der Waals surface area contributed by atoms with E-state index in [1.54, 1.807) is 0 Å². The third-order valence-electron chi connectivity index (χ3n) is 4.40. The Balaban J connectivity index is 2.10. The Kier molecular flexibility index (Phi) is 4.89. The zero-order chi connectivity index (χ0) is 17.4. The maximum Gasteiger partial charge on any atom is 0.325 e. The first-order valence-corrected chi connectivity index (χ1v) is 8.58. The summed E-state index contributed by atoms with van der Waals surface area (Å²) in [5.74, 6) is -0.322. The largest absolute Gasteiger partial charge is 0.350 e. The number of hydrogen-bond donors (Lipinski definition) is 2. The van der Waals surface area contributed by atoms with E-state index in [9.17, 15) is 14.4 Å². The molecule has 1 heterocycles. The number of rotatable bonds is 4. The summed E-state index contributed by atoms with van der Waals surface area (Å²) in [7, 11) is 0. The summed E-state index contributed by atoms with van der Waals surface area (Å²) in [4.78, 5) is 38.0. The van der Waals surface area contributed by atoms with Gasteiger partial charge in [-0.1, -0.05) is 43.3 Å². The van der Waals surface area contributed by atoms with E-state index in [0.717, 1.165) is 11.3 Å². The number of urea groups is 1. The van der Waals surface area contributed by atoms with Gasteiger partial charge in [0.2, 0.25) is 5.91 Å². The van der Waals surface area contributed by atoms with Crippen LogP contribution >= 0.6 is 15.9 Å². The zero-order valence-corrected chi connectivity index (χ0v) is 15.5. The van der Waals surface area contributed by atoms with Gasteiger partial charge in [-0.15, -0.1) is 0 Å². The highest BCUT2D eigenvalue weighted by Gasteiger charge is 2.56. The number of carbonyl (C=O) groups is 3. The second kappa shape index (κ2) is 6.26. The summed E-state index contributed by atoms with van der Waals surface area (Å²) >= 11 is 3.15. The second-order valence-electron chi connectivity index (χ2n) is 7.55. The zero-order valence-electron chi connectivity index (χ0n) is 13.9. The van der Waals surface area contributed by atoms with Crippen molar-refractivity contribution in [3.63, 3.8) is 0 Å². The van der Waals surface area contributed by atoms with Crippen LogP contribution in [0.4, 0.5) is 4.79 Å². The molecule has 128 valence electrons. The highest BCUT2D eigenvalue weighted by molar-refractivity contribution is 9.11. The van der Waals surface area contributed by atoms with Crippen molar-refractivity contribution in [1.29, 1.82) is 0 Å². The molecule has 1 saturated heterocycles. The molecule has 1 aliphatic carbocycles. The molecule has 1 spiro atoms. The fourth-order valence-corrected chi connectivity index (χ4v) is 4.18. The summed E-state index contributed by atoms with van der Waals surface area (Å²) in [5.41, 5.74) is -0.885. The van der Waals surface area contributed by atoms with Gasteiger partial charge in [-0.05, 0) is 30.6 Å². The molecule has 6 nitrogen and oxygen atoms in total. The number of imide groups is 1. The smallest absolute Gasteiger partial charge is 0.325 e. The first-order valence-electron chi connectivity index (χ1n) is 7.79. The molecule has 1 aliphatic heterocycles. The van der Waals surface area contributed by atoms with Gasteiger partial charge in [0.25, 0.3) is 5.91 Å². The Morgan fingerprint density at radius 3 is 2.65 bits per heavy atom. The van der Waals surface area contributed by atoms with Crippen LogP contribution in [-0.4, -0.2) is 41.4 Å². The molecule has 7 heteroatoms. The van der Waals surface area contributed by atoms with Gasteiger partial charge in [0.05, 0.1) is 0 Å². The second-order valence-corrected chi connectivity index (χ2v) is 8.67. The lowest BCUT2D eigenvalue weighted by molar-refractivity contribution is -0.137. The van der Waals surface area contributed by atoms with Gasteiger partial charge in [-0.3, -0.25) is 14.5 Å². The van der Waals surface area contributed by atoms with Gasteiger partial charge in [-0.2, -0.15) is 0 Å². The molecular weight excluding hydrogens is 362 g/mol. The lowest BCUT2D eigenvalue weighted by Gasteiger charge is -2.43. The molecule has 4 amide bonds. The third-order valence-corrected chi connectivity index (χ3v) is 4.68. The van der Waals surface area contributed by atoms with Crippen LogP contribution in [0.3, 0.4) is 0 Å². The molecule has 2 aliphatic rings. The van der Waals surface area contributed by atoms with E-state index in [1.807, 2.05) is 0 Å². The number of carbonyl (C=O) groups excluding carboxylic acids is 3. The minimum absolute atomic E-state index is 0.0213. The van der Waals surface area contributed by atoms with Gasteiger partial charge in [0.1, 0.15) is 12.1 Å². The molecule has 0 aromatic carbocycles. The Bertz CT molecular complexity index is 561. The van der Waals surface area contributed by atoms with Gasteiger partial charge >= 0.3 is 6.03 Å². The average molecular weight is 386 g/mol. The fraction of sp³-hybridized carbons (Fsp3) is 0.688. The third kappa shape index (κ3) is 3.94. The number of hydrogen-bond acceptors (Lipinski definition) is 3. The average Bonchev–Trinajstić information content (AvgIpc) is 2.58. The van der Waals surface area contributed by atoms with Crippen molar-refractivity contribution in [3.05, 3.63) is 11.1 Å². The first kappa shape index (κ1) is 18.0. The molecule has 0 unspecified atom stereocenters. The lowest BCUT2D eigenvalue weighted by atomic mass is 9.64. The van der Waals surface area contributed by atoms with Crippen molar-refractivity contribution in [2.75, 3.05) is 13.1 Å². The molecule has 1 saturated carbocycles. The van der Waals surface area contributed by atoms with Crippen LogP contribution in [0.15, 0.2) is 11.1 Å². The fourth-order valence-electron chi connectivity index (χ4n) is 4.04. The summed E-state index contributed by atoms with van der Waals surface area (Å²) in [6.07, 6.45) is 2.24. The lowest BCUT2D eigenvalue weighted by Crippen LogP contribution is -2.54. The molecule has 0 bridgehead atoms. The van der Waals surface area contributed by atoms with E-state index >= 15 is 0 Å². The van der Waals surface area contributed by atoms with Crippen LogP contribution < -0.4 is 10.6 Å². The first-order chi connectivity index (χ1) is 10.5. The topological polar surface area (TPSA) is 78.5 Å². The Labute approximate surface area is 145 Å². The molecule has 23 heavy (non-hydrogen) atoms. The molecule has 0 radical (unpaired) electrons. The monoisotopic (exact) mass is 385 g/mol. The molecule has 2 fully saturated rings. The van der Waals surface area contributed by atoms with Gasteiger partial charge in [-0.25, -0.2) is 4.79 Å². The van der Waals surface area contributed by atoms with E-state index in [-0.39, 0.29) is 30.3 Å². The highest BCUT2D eigenvalue weighted by Crippen LogP contribution is 2.46. The van der Waals surface area contributed by atoms with E-state index in [4.69, 9.17) is 0 Å². The number of nitrogens with zero attached hydrogens (tertiary/aromatic N) is 1. The number of amides is 4. The molecule has 2 rings (SSSR count).